The van der Waals surface area contributed by atoms with Crippen molar-refractivity contribution < 1.29 is 9.63 Å². The fourth-order valence-corrected chi connectivity index (χ4v) is 4.23. The van der Waals surface area contributed by atoms with Gasteiger partial charge in [-0.25, -0.2) is 4.98 Å². The van der Waals surface area contributed by atoms with Crippen LogP contribution in [0.1, 0.15) is 39.3 Å². The summed E-state index contributed by atoms with van der Waals surface area (Å²) in [6.45, 7) is 7.70. The van der Waals surface area contributed by atoms with Gasteiger partial charge in [-0.05, 0) is 11.4 Å². The van der Waals surface area contributed by atoms with Crippen molar-refractivity contribution in [1.29, 1.82) is 0 Å². The van der Waals surface area contributed by atoms with Crippen molar-refractivity contribution in [3.05, 3.63) is 28.6 Å². The Balaban J connectivity index is 1.47. The predicted octanol–water partition coefficient (Wildman–Crippen LogP) is 4.41. The summed E-state index contributed by atoms with van der Waals surface area (Å²) in [6.07, 6.45) is 1.55. The lowest BCUT2D eigenvalue weighted by Crippen LogP contribution is -2.44. The minimum absolute atomic E-state index is 0.205. The third-order valence-electron chi connectivity index (χ3n) is 3.96. The molecule has 1 aliphatic heterocycles. The minimum Gasteiger partial charge on any atom is -0.389 e. The van der Waals surface area contributed by atoms with E-state index < -0.39 is 0 Å². The van der Waals surface area contributed by atoms with Gasteiger partial charge in [0.25, 0.3) is 0 Å². The van der Waals surface area contributed by atoms with E-state index in [4.69, 9.17) is 4.84 Å². The number of oxime groups is 1. The highest BCUT2D eigenvalue weighted by molar-refractivity contribution is 7.20. The number of thiazole rings is 1. The van der Waals surface area contributed by atoms with Gasteiger partial charge in [-0.15, -0.1) is 22.7 Å². The average Bonchev–Trinajstić information content (AvgIpc) is 3.25. The number of piperidine rings is 1. The van der Waals surface area contributed by atoms with Crippen LogP contribution in [0.3, 0.4) is 0 Å². The molecule has 2 aromatic rings. The van der Waals surface area contributed by atoms with E-state index in [1.807, 2.05) is 37.1 Å². The van der Waals surface area contributed by atoms with Crippen molar-refractivity contribution in [2.45, 2.75) is 40.2 Å². The van der Waals surface area contributed by atoms with E-state index in [2.05, 4.69) is 21.6 Å². The summed E-state index contributed by atoms with van der Waals surface area (Å²) in [7, 11) is 0. The van der Waals surface area contributed by atoms with Gasteiger partial charge in [-0.3, -0.25) is 4.79 Å². The summed E-state index contributed by atoms with van der Waals surface area (Å²) in [4.78, 5) is 25.4. The third-order valence-corrected chi connectivity index (χ3v) is 5.89. The zero-order valence-corrected chi connectivity index (χ0v) is 16.5. The standard InChI is InChI=1S/C18H23N3O2S2/c1-18(2,3)17(22)21-8-6-13(7-9-21)20-23-11-14-12-25-16(19-14)15-5-4-10-24-15/h4-5,10,12H,6-9,11H2,1-3H3. The molecule has 0 atom stereocenters. The Morgan fingerprint density at radius 1 is 1.32 bits per heavy atom. The summed E-state index contributed by atoms with van der Waals surface area (Å²) < 4.78 is 0. The van der Waals surface area contributed by atoms with Gasteiger partial charge in [0, 0.05) is 36.7 Å². The Labute approximate surface area is 156 Å². The van der Waals surface area contributed by atoms with Crippen LogP contribution in [0.4, 0.5) is 0 Å². The molecule has 25 heavy (non-hydrogen) atoms. The van der Waals surface area contributed by atoms with Gasteiger partial charge in [-0.2, -0.15) is 0 Å². The zero-order valence-electron chi connectivity index (χ0n) is 14.8. The lowest BCUT2D eigenvalue weighted by Gasteiger charge is -2.32. The van der Waals surface area contributed by atoms with Crippen LogP contribution >= 0.6 is 22.7 Å². The van der Waals surface area contributed by atoms with Gasteiger partial charge in [0.15, 0.2) is 6.61 Å². The molecule has 1 saturated heterocycles. The molecule has 3 heterocycles. The number of hydrogen-bond donors (Lipinski definition) is 0. The number of rotatable bonds is 4. The first-order valence-corrected chi connectivity index (χ1v) is 10.1. The van der Waals surface area contributed by atoms with Crippen molar-refractivity contribution >= 4 is 34.3 Å². The largest absolute Gasteiger partial charge is 0.389 e. The van der Waals surface area contributed by atoms with Crippen LogP contribution in [0, 0.1) is 5.41 Å². The monoisotopic (exact) mass is 377 g/mol. The SMILES string of the molecule is CC(C)(C)C(=O)N1CCC(=NOCc2csc(-c3cccs3)n2)CC1. The van der Waals surface area contributed by atoms with Crippen LogP contribution in [0.15, 0.2) is 28.0 Å². The number of amides is 1. The Hall–Kier alpha value is -1.73. The van der Waals surface area contributed by atoms with E-state index in [9.17, 15) is 4.79 Å². The van der Waals surface area contributed by atoms with Crippen molar-refractivity contribution in [3.8, 4) is 9.88 Å². The Bertz CT molecular complexity index is 735. The second kappa shape index (κ2) is 7.66. The number of thiophene rings is 1. The highest BCUT2D eigenvalue weighted by atomic mass is 32.1. The Morgan fingerprint density at radius 2 is 2.08 bits per heavy atom. The molecule has 0 bridgehead atoms. The fourth-order valence-electron chi connectivity index (χ4n) is 2.61. The van der Waals surface area contributed by atoms with Crippen molar-refractivity contribution in [2.75, 3.05) is 13.1 Å². The molecule has 1 aliphatic rings. The summed E-state index contributed by atoms with van der Waals surface area (Å²) in [6, 6.07) is 4.10. The molecule has 2 aromatic heterocycles. The molecule has 5 nitrogen and oxygen atoms in total. The third kappa shape index (κ3) is 4.67. The molecule has 0 aliphatic carbocycles. The number of carbonyl (C=O) groups excluding carboxylic acids is 1. The Morgan fingerprint density at radius 3 is 2.72 bits per heavy atom. The van der Waals surface area contributed by atoms with Crippen LogP contribution in [-0.2, 0) is 16.2 Å². The molecular formula is C18H23N3O2S2. The van der Waals surface area contributed by atoms with Crippen LogP contribution < -0.4 is 0 Å². The number of carbonyl (C=O) groups is 1. The van der Waals surface area contributed by atoms with Crippen LogP contribution in [-0.4, -0.2) is 34.6 Å². The van der Waals surface area contributed by atoms with Gasteiger partial charge in [-0.1, -0.05) is 32.0 Å². The van der Waals surface area contributed by atoms with Gasteiger partial charge >= 0.3 is 0 Å². The average molecular weight is 378 g/mol. The summed E-state index contributed by atoms with van der Waals surface area (Å²) in [5, 5.41) is 9.34. The molecular weight excluding hydrogens is 354 g/mol. The Kier molecular flexibility index (Phi) is 5.54. The van der Waals surface area contributed by atoms with Crippen molar-refractivity contribution in [3.63, 3.8) is 0 Å². The van der Waals surface area contributed by atoms with Crippen LogP contribution in [0.25, 0.3) is 9.88 Å². The molecule has 7 heteroatoms. The molecule has 0 saturated carbocycles. The molecule has 3 rings (SSSR count). The van der Waals surface area contributed by atoms with Gasteiger partial charge in [0.1, 0.15) is 5.01 Å². The first-order chi connectivity index (χ1) is 11.9. The maximum atomic E-state index is 12.3. The molecule has 0 aromatic carbocycles. The molecule has 0 N–H and O–H groups in total. The maximum absolute atomic E-state index is 12.3. The molecule has 0 spiro atoms. The minimum atomic E-state index is -0.323. The maximum Gasteiger partial charge on any atom is 0.227 e. The lowest BCUT2D eigenvalue weighted by molar-refractivity contribution is -0.139. The molecule has 1 amide bonds. The van der Waals surface area contributed by atoms with Gasteiger partial charge in [0.05, 0.1) is 16.3 Å². The van der Waals surface area contributed by atoms with E-state index in [1.54, 1.807) is 22.7 Å². The van der Waals surface area contributed by atoms with E-state index in [0.717, 1.165) is 42.3 Å². The van der Waals surface area contributed by atoms with E-state index >= 15 is 0 Å². The van der Waals surface area contributed by atoms with Crippen LogP contribution in [0.2, 0.25) is 0 Å². The van der Waals surface area contributed by atoms with Crippen LogP contribution in [0.5, 0.6) is 0 Å². The molecule has 0 radical (unpaired) electrons. The quantitative estimate of drug-likeness (QED) is 0.742. The lowest BCUT2D eigenvalue weighted by atomic mass is 9.93. The molecule has 134 valence electrons. The molecule has 1 fully saturated rings. The van der Waals surface area contributed by atoms with E-state index in [1.165, 1.54) is 4.88 Å². The first-order valence-electron chi connectivity index (χ1n) is 8.39. The van der Waals surface area contributed by atoms with Gasteiger partial charge < -0.3 is 9.74 Å². The van der Waals surface area contributed by atoms with E-state index in [0.29, 0.717) is 6.61 Å². The smallest absolute Gasteiger partial charge is 0.227 e. The number of hydrogen-bond acceptors (Lipinski definition) is 6. The number of aromatic nitrogens is 1. The first kappa shape index (κ1) is 18.1. The fraction of sp³-hybridized carbons (Fsp3) is 0.500. The van der Waals surface area contributed by atoms with Gasteiger partial charge in [0.2, 0.25) is 5.91 Å². The summed E-state index contributed by atoms with van der Waals surface area (Å²) in [5.74, 6) is 0.205. The van der Waals surface area contributed by atoms with Crippen molar-refractivity contribution in [2.24, 2.45) is 10.6 Å². The van der Waals surface area contributed by atoms with E-state index in [-0.39, 0.29) is 11.3 Å². The molecule has 0 unspecified atom stereocenters. The van der Waals surface area contributed by atoms with Crippen molar-refractivity contribution in [1.82, 2.24) is 9.88 Å². The second-order valence-electron chi connectivity index (χ2n) is 7.09. The zero-order chi connectivity index (χ0) is 17.9. The number of nitrogens with zero attached hydrogens (tertiary/aromatic N) is 3. The topological polar surface area (TPSA) is 54.8 Å². The predicted molar refractivity (Wildman–Crippen MR) is 103 cm³/mol. The number of likely N-dealkylation sites (tertiary alicyclic amines) is 1. The second-order valence-corrected chi connectivity index (χ2v) is 8.90. The normalized spacial score (nSPS) is 15.3. The summed E-state index contributed by atoms with van der Waals surface area (Å²) >= 11 is 3.31. The summed E-state index contributed by atoms with van der Waals surface area (Å²) in [5.41, 5.74) is 1.60. The highest BCUT2D eigenvalue weighted by Gasteiger charge is 2.29. The highest BCUT2D eigenvalue weighted by Crippen LogP contribution is 2.28.